The summed E-state index contributed by atoms with van der Waals surface area (Å²) in [5.74, 6) is 1.67. The number of fused-ring (bicyclic) bond motifs is 1. The Hall–Kier alpha value is -2.26. The second-order valence-electron chi connectivity index (χ2n) is 9.99. The van der Waals surface area contributed by atoms with Crippen LogP contribution in [0.25, 0.3) is 10.9 Å². The van der Waals surface area contributed by atoms with Gasteiger partial charge in [-0.05, 0) is 57.6 Å². The van der Waals surface area contributed by atoms with E-state index in [0.29, 0.717) is 22.7 Å². The van der Waals surface area contributed by atoms with Crippen LogP contribution < -0.4 is 19.1 Å². The monoisotopic (exact) mass is 647 g/mol. The lowest BCUT2D eigenvalue weighted by atomic mass is 9.83. The van der Waals surface area contributed by atoms with Gasteiger partial charge in [0.05, 0.1) is 18.2 Å². The molecule has 0 radical (unpaired) electrons. The van der Waals surface area contributed by atoms with E-state index >= 15 is 0 Å². The number of carbonyl (C=O) groups excluding carboxylic acids is 2. The summed E-state index contributed by atoms with van der Waals surface area (Å²) in [5, 5.41) is 0.812. The SMILES string of the molecule is CCC(CNS(=O)(=O)NC(=O)OC(C)(C)C)C1CCN(c2ncnc3cc(C(=O)I)c(OC)cc23)CC1. The average molecular weight is 648 g/mol. The number of anilines is 1. The molecule has 1 amide bonds. The molecule has 0 aliphatic carbocycles. The molecule has 1 aliphatic rings. The largest absolute Gasteiger partial charge is 0.496 e. The highest BCUT2D eigenvalue weighted by Gasteiger charge is 2.29. The number of piperidine rings is 1. The molecule has 2 N–H and O–H groups in total. The van der Waals surface area contributed by atoms with Gasteiger partial charge in [0.1, 0.15) is 23.5 Å². The van der Waals surface area contributed by atoms with Crippen LogP contribution in [-0.4, -0.2) is 60.6 Å². The number of nitrogens with zero attached hydrogens (tertiary/aromatic N) is 3. The molecule has 1 saturated heterocycles. The Morgan fingerprint density at radius 1 is 1.22 bits per heavy atom. The van der Waals surface area contributed by atoms with E-state index in [4.69, 9.17) is 9.47 Å². The maximum Gasteiger partial charge on any atom is 0.422 e. The van der Waals surface area contributed by atoms with Gasteiger partial charge in [-0.15, -0.1) is 0 Å². The summed E-state index contributed by atoms with van der Waals surface area (Å²) in [6.07, 6.45) is 2.99. The molecule has 1 atom stereocenters. The van der Waals surface area contributed by atoms with Gasteiger partial charge in [-0.3, -0.25) is 4.79 Å². The first-order valence-electron chi connectivity index (χ1n) is 12.1. The van der Waals surface area contributed by atoms with Crippen molar-refractivity contribution in [3.05, 3.63) is 24.0 Å². The molecule has 1 aromatic carbocycles. The van der Waals surface area contributed by atoms with Crippen molar-refractivity contribution in [3.63, 3.8) is 0 Å². The van der Waals surface area contributed by atoms with E-state index in [2.05, 4.69) is 19.6 Å². The molecule has 3 rings (SSSR count). The van der Waals surface area contributed by atoms with Crippen molar-refractivity contribution >= 4 is 59.4 Å². The van der Waals surface area contributed by atoms with Gasteiger partial charge in [0, 0.05) is 47.6 Å². The minimum atomic E-state index is -4.03. The molecule has 0 saturated carbocycles. The third-order valence-electron chi connectivity index (χ3n) is 6.33. The number of hydrogen-bond donors (Lipinski definition) is 2. The van der Waals surface area contributed by atoms with Crippen molar-refractivity contribution < 1.29 is 27.5 Å². The first-order chi connectivity index (χ1) is 17.3. The molecule has 13 heteroatoms. The lowest BCUT2D eigenvalue weighted by Crippen LogP contribution is -2.45. The lowest BCUT2D eigenvalue weighted by molar-refractivity contribution is 0.0569. The van der Waals surface area contributed by atoms with E-state index in [1.54, 1.807) is 49.4 Å². The molecule has 2 aromatic rings. The third-order valence-corrected chi connectivity index (χ3v) is 7.89. The first kappa shape index (κ1) is 29.3. The van der Waals surface area contributed by atoms with Gasteiger partial charge in [0.25, 0.3) is 0 Å². The number of ether oxygens (including phenoxy) is 2. The van der Waals surface area contributed by atoms with Crippen LogP contribution in [0.4, 0.5) is 10.6 Å². The van der Waals surface area contributed by atoms with Crippen molar-refractivity contribution in [2.24, 2.45) is 11.8 Å². The summed E-state index contributed by atoms with van der Waals surface area (Å²) in [7, 11) is -2.50. The van der Waals surface area contributed by atoms with Crippen LogP contribution in [0, 0.1) is 11.8 Å². The van der Waals surface area contributed by atoms with E-state index in [1.165, 1.54) is 13.4 Å². The fourth-order valence-corrected chi connectivity index (χ4v) is 5.72. The fourth-order valence-electron chi connectivity index (χ4n) is 4.53. The average Bonchev–Trinajstić information content (AvgIpc) is 2.81. The summed E-state index contributed by atoms with van der Waals surface area (Å²) in [6.45, 7) is 8.72. The Bertz CT molecular complexity index is 1240. The van der Waals surface area contributed by atoms with Crippen LogP contribution in [0.3, 0.4) is 0 Å². The predicted molar refractivity (Wildman–Crippen MR) is 149 cm³/mol. The fraction of sp³-hybridized carbons (Fsp3) is 0.583. The van der Waals surface area contributed by atoms with Crippen molar-refractivity contribution in [2.45, 2.75) is 52.6 Å². The Balaban J connectivity index is 1.65. The number of carbonyl (C=O) groups is 2. The third kappa shape index (κ3) is 7.87. The summed E-state index contributed by atoms with van der Waals surface area (Å²) >= 11 is 1.73. The first-order valence-corrected chi connectivity index (χ1v) is 14.7. The Labute approximate surface area is 231 Å². The number of benzene rings is 1. The number of methoxy groups -OCH3 is 1. The van der Waals surface area contributed by atoms with Crippen molar-refractivity contribution in [3.8, 4) is 5.75 Å². The molecule has 1 unspecified atom stereocenters. The van der Waals surface area contributed by atoms with E-state index in [9.17, 15) is 18.0 Å². The summed E-state index contributed by atoms with van der Waals surface area (Å²) in [4.78, 5) is 34.9. The molecule has 0 spiro atoms. The van der Waals surface area contributed by atoms with Crippen LogP contribution in [0.2, 0.25) is 0 Å². The standard InChI is InChI=1S/C24H34IN5O6S/c1-6-15(13-28-37(33,34)29-23(32)36-24(2,3)4)16-7-9-30(10-8-16)22-17-12-20(35-5)18(21(25)31)11-19(17)26-14-27-22/h11-12,14-16,28H,6-10,13H2,1-5H3,(H,29,32). The predicted octanol–water partition coefficient (Wildman–Crippen LogP) is 3.82. The molecule has 11 nitrogen and oxygen atoms in total. The summed E-state index contributed by atoms with van der Waals surface area (Å²) < 4.78 is 39.4. The molecule has 2 heterocycles. The molecular formula is C24H34IN5O6S. The maximum absolute atomic E-state index is 12.3. The number of aromatic nitrogens is 2. The zero-order valence-electron chi connectivity index (χ0n) is 21.7. The topological polar surface area (TPSA) is 140 Å². The van der Waals surface area contributed by atoms with Gasteiger partial charge in [-0.25, -0.2) is 19.5 Å². The minimum absolute atomic E-state index is 0.108. The van der Waals surface area contributed by atoms with Crippen LogP contribution in [-0.2, 0) is 14.9 Å². The van der Waals surface area contributed by atoms with Gasteiger partial charge in [0.15, 0.2) is 0 Å². The van der Waals surface area contributed by atoms with Crippen molar-refractivity contribution in [2.75, 3.05) is 31.6 Å². The zero-order chi connectivity index (χ0) is 27.4. The summed E-state index contributed by atoms with van der Waals surface area (Å²) in [6, 6.07) is 3.54. The number of halogens is 1. The van der Waals surface area contributed by atoms with E-state index in [1.807, 2.05) is 17.7 Å². The van der Waals surface area contributed by atoms with Crippen LogP contribution in [0.15, 0.2) is 18.5 Å². The lowest BCUT2D eigenvalue weighted by Gasteiger charge is -2.36. The second-order valence-corrected chi connectivity index (χ2v) is 12.5. The highest BCUT2D eigenvalue weighted by molar-refractivity contribution is 14.1. The molecule has 1 aliphatic heterocycles. The molecule has 37 heavy (non-hydrogen) atoms. The second kappa shape index (κ2) is 12.1. The molecule has 204 valence electrons. The number of rotatable bonds is 9. The molecular weight excluding hydrogens is 613 g/mol. The molecule has 1 aromatic heterocycles. The Kier molecular flexibility index (Phi) is 9.56. The Morgan fingerprint density at radius 2 is 1.89 bits per heavy atom. The van der Waals surface area contributed by atoms with Crippen molar-refractivity contribution in [1.29, 1.82) is 0 Å². The minimum Gasteiger partial charge on any atom is -0.496 e. The molecule has 1 fully saturated rings. The van der Waals surface area contributed by atoms with Gasteiger partial charge < -0.3 is 14.4 Å². The van der Waals surface area contributed by atoms with Gasteiger partial charge in [0.2, 0.25) is 3.79 Å². The van der Waals surface area contributed by atoms with Crippen LogP contribution >= 0.6 is 22.6 Å². The van der Waals surface area contributed by atoms with Crippen LogP contribution in [0.5, 0.6) is 5.75 Å². The highest BCUT2D eigenvalue weighted by Crippen LogP contribution is 2.34. The smallest absolute Gasteiger partial charge is 0.422 e. The highest BCUT2D eigenvalue weighted by atomic mass is 127. The normalized spacial score (nSPS) is 15.9. The summed E-state index contributed by atoms with van der Waals surface area (Å²) in [5.41, 5.74) is 0.342. The number of nitrogens with one attached hydrogen (secondary N) is 2. The Morgan fingerprint density at radius 3 is 2.46 bits per heavy atom. The zero-order valence-corrected chi connectivity index (χ0v) is 24.7. The number of hydrogen-bond acceptors (Lipinski definition) is 9. The number of amides is 1. The van der Waals surface area contributed by atoms with Gasteiger partial charge in [-0.1, -0.05) is 13.3 Å². The van der Waals surface area contributed by atoms with E-state index < -0.39 is 21.9 Å². The quantitative estimate of drug-likeness (QED) is 0.307. The van der Waals surface area contributed by atoms with Crippen LogP contribution in [0.1, 0.15) is 57.3 Å². The van der Waals surface area contributed by atoms with E-state index in [-0.39, 0.29) is 16.3 Å². The maximum atomic E-state index is 12.3. The van der Waals surface area contributed by atoms with Crippen molar-refractivity contribution in [1.82, 2.24) is 19.4 Å². The van der Waals surface area contributed by atoms with Gasteiger partial charge in [-0.2, -0.15) is 13.1 Å². The van der Waals surface area contributed by atoms with E-state index in [0.717, 1.165) is 43.6 Å². The molecule has 0 bridgehead atoms. The van der Waals surface area contributed by atoms with Gasteiger partial charge >= 0.3 is 16.3 Å².